The molecule has 0 aromatic heterocycles. The molecule has 90 valence electrons. The third-order valence-electron chi connectivity index (χ3n) is 2.98. The van der Waals surface area contributed by atoms with Crippen molar-refractivity contribution in [1.82, 2.24) is 4.90 Å². The Balaban J connectivity index is 2.40. The Kier molecular flexibility index (Phi) is 2.75. The number of hydrogen-bond acceptors (Lipinski definition) is 3. The van der Waals surface area contributed by atoms with E-state index in [1.54, 1.807) is 31.3 Å². The summed E-state index contributed by atoms with van der Waals surface area (Å²) in [5, 5.41) is 0. The molecule has 17 heavy (non-hydrogen) atoms. The Morgan fingerprint density at radius 3 is 2.59 bits per heavy atom. The van der Waals surface area contributed by atoms with Crippen molar-refractivity contribution in [3.05, 3.63) is 24.3 Å². The Morgan fingerprint density at radius 2 is 2.06 bits per heavy atom. The quantitative estimate of drug-likeness (QED) is 0.621. The molecule has 2 N–H and O–H groups in total. The number of rotatable bonds is 2. The highest BCUT2D eigenvalue weighted by atomic mass is 16.2. The molecule has 1 fully saturated rings. The predicted molar refractivity (Wildman–Crippen MR) is 65.6 cm³/mol. The summed E-state index contributed by atoms with van der Waals surface area (Å²) in [6, 6.07) is 6.11. The first kappa shape index (κ1) is 11.4. The maximum absolute atomic E-state index is 12.1. The minimum Gasteiger partial charge on any atom is -0.399 e. The minimum absolute atomic E-state index is 0.189. The third-order valence-corrected chi connectivity index (χ3v) is 2.98. The highest BCUT2D eigenvalue weighted by Gasteiger charge is 2.42. The number of urea groups is 1. The van der Waals surface area contributed by atoms with Crippen molar-refractivity contribution < 1.29 is 9.59 Å². The van der Waals surface area contributed by atoms with Crippen LogP contribution in [0.1, 0.15) is 13.3 Å². The van der Waals surface area contributed by atoms with Crippen LogP contribution in [0.2, 0.25) is 0 Å². The zero-order chi connectivity index (χ0) is 12.6. The van der Waals surface area contributed by atoms with Crippen LogP contribution < -0.4 is 10.6 Å². The van der Waals surface area contributed by atoms with Gasteiger partial charge < -0.3 is 10.6 Å². The fraction of sp³-hybridized carbons (Fsp3) is 0.333. The Bertz CT molecular complexity index is 473. The van der Waals surface area contributed by atoms with Crippen LogP contribution in [0.4, 0.5) is 16.2 Å². The van der Waals surface area contributed by atoms with Crippen molar-refractivity contribution in [2.45, 2.75) is 19.4 Å². The lowest BCUT2D eigenvalue weighted by Gasteiger charge is -2.14. The first-order valence-corrected chi connectivity index (χ1v) is 5.52. The molecule has 5 heteroatoms. The zero-order valence-electron chi connectivity index (χ0n) is 9.88. The number of nitrogen functional groups attached to an aromatic ring is 1. The van der Waals surface area contributed by atoms with Gasteiger partial charge in [-0.05, 0) is 24.6 Å². The van der Waals surface area contributed by atoms with Crippen LogP contribution in [-0.4, -0.2) is 29.9 Å². The van der Waals surface area contributed by atoms with Crippen LogP contribution in [0.25, 0.3) is 0 Å². The average molecular weight is 233 g/mol. The SMILES string of the molecule is CCC1C(=O)N(c2cccc(N)c2)C(=O)N1C. The number of nitrogens with two attached hydrogens (primary N) is 1. The van der Waals surface area contributed by atoms with E-state index in [1.807, 2.05) is 6.92 Å². The molecule has 1 aliphatic rings. The molecule has 0 bridgehead atoms. The summed E-state index contributed by atoms with van der Waals surface area (Å²) in [6.07, 6.45) is 0.611. The summed E-state index contributed by atoms with van der Waals surface area (Å²) < 4.78 is 0. The Morgan fingerprint density at radius 1 is 1.35 bits per heavy atom. The van der Waals surface area contributed by atoms with Crippen LogP contribution in [0.3, 0.4) is 0 Å². The zero-order valence-corrected chi connectivity index (χ0v) is 9.88. The summed E-state index contributed by atoms with van der Waals surface area (Å²) in [5.74, 6) is -0.189. The number of likely N-dealkylation sites (N-methyl/N-ethyl adjacent to an activating group) is 1. The van der Waals surface area contributed by atoms with E-state index in [-0.39, 0.29) is 18.0 Å². The van der Waals surface area contributed by atoms with E-state index >= 15 is 0 Å². The predicted octanol–water partition coefficient (Wildman–Crippen LogP) is 1.45. The molecule has 1 atom stereocenters. The van der Waals surface area contributed by atoms with Gasteiger partial charge in [0.25, 0.3) is 5.91 Å². The number of benzene rings is 1. The van der Waals surface area contributed by atoms with Crippen molar-refractivity contribution in [1.29, 1.82) is 0 Å². The molecule has 1 saturated heterocycles. The Hall–Kier alpha value is -2.04. The van der Waals surface area contributed by atoms with Gasteiger partial charge in [0.2, 0.25) is 0 Å². The molecule has 0 aliphatic carbocycles. The highest BCUT2D eigenvalue weighted by Crippen LogP contribution is 2.26. The first-order chi connectivity index (χ1) is 8.06. The standard InChI is InChI=1S/C12H15N3O2/c1-3-10-11(16)15(12(17)14(10)2)9-6-4-5-8(13)7-9/h4-7,10H,3,13H2,1-2H3. The molecule has 1 aliphatic heterocycles. The van der Waals surface area contributed by atoms with Crippen LogP contribution in [0.5, 0.6) is 0 Å². The molecule has 0 spiro atoms. The fourth-order valence-corrected chi connectivity index (χ4v) is 2.05. The summed E-state index contributed by atoms with van der Waals surface area (Å²) in [5.41, 5.74) is 6.72. The average Bonchev–Trinajstić information content (AvgIpc) is 2.50. The van der Waals surface area contributed by atoms with E-state index in [0.29, 0.717) is 17.8 Å². The van der Waals surface area contributed by atoms with E-state index in [1.165, 1.54) is 9.80 Å². The minimum atomic E-state index is -0.371. The maximum Gasteiger partial charge on any atom is 0.331 e. The lowest BCUT2D eigenvalue weighted by atomic mass is 10.2. The van der Waals surface area contributed by atoms with Crippen LogP contribution in [0, 0.1) is 0 Å². The lowest BCUT2D eigenvalue weighted by Crippen LogP contribution is -2.31. The number of carbonyl (C=O) groups is 2. The molecule has 3 amide bonds. The monoisotopic (exact) mass is 233 g/mol. The number of nitrogens with zero attached hydrogens (tertiary/aromatic N) is 2. The summed E-state index contributed by atoms with van der Waals surface area (Å²) in [7, 11) is 1.64. The number of imide groups is 1. The molecule has 1 unspecified atom stereocenters. The second-order valence-electron chi connectivity index (χ2n) is 4.09. The van der Waals surface area contributed by atoms with E-state index in [2.05, 4.69) is 0 Å². The van der Waals surface area contributed by atoms with E-state index in [4.69, 9.17) is 5.73 Å². The van der Waals surface area contributed by atoms with Gasteiger partial charge in [0.15, 0.2) is 0 Å². The smallest absolute Gasteiger partial charge is 0.331 e. The third kappa shape index (κ3) is 1.73. The number of hydrogen-bond donors (Lipinski definition) is 1. The largest absolute Gasteiger partial charge is 0.399 e. The van der Waals surface area contributed by atoms with Crippen LogP contribution in [-0.2, 0) is 4.79 Å². The van der Waals surface area contributed by atoms with Gasteiger partial charge in [-0.25, -0.2) is 9.69 Å². The molecule has 5 nitrogen and oxygen atoms in total. The van der Waals surface area contributed by atoms with E-state index in [0.717, 1.165) is 0 Å². The van der Waals surface area contributed by atoms with Crippen LogP contribution in [0.15, 0.2) is 24.3 Å². The van der Waals surface area contributed by atoms with Gasteiger partial charge in [0, 0.05) is 12.7 Å². The van der Waals surface area contributed by atoms with Crippen molar-refractivity contribution in [3.8, 4) is 0 Å². The molecule has 1 aromatic rings. The molecular weight excluding hydrogens is 218 g/mol. The second kappa shape index (κ2) is 4.08. The highest BCUT2D eigenvalue weighted by molar-refractivity contribution is 6.21. The van der Waals surface area contributed by atoms with Crippen molar-refractivity contribution in [2.24, 2.45) is 0 Å². The molecule has 1 heterocycles. The van der Waals surface area contributed by atoms with Gasteiger partial charge in [0.1, 0.15) is 6.04 Å². The fourth-order valence-electron chi connectivity index (χ4n) is 2.05. The number of anilines is 2. The van der Waals surface area contributed by atoms with E-state index < -0.39 is 0 Å². The van der Waals surface area contributed by atoms with Gasteiger partial charge >= 0.3 is 6.03 Å². The summed E-state index contributed by atoms with van der Waals surface area (Å²) >= 11 is 0. The van der Waals surface area contributed by atoms with Crippen molar-refractivity contribution in [2.75, 3.05) is 17.7 Å². The molecule has 2 rings (SSSR count). The number of carbonyl (C=O) groups excluding carboxylic acids is 2. The van der Waals surface area contributed by atoms with Gasteiger partial charge in [-0.3, -0.25) is 4.79 Å². The second-order valence-corrected chi connectivity index (χ2v) is 4.09. The van der Waals surface area contributed by atoms with Gasteiger partial charge in [-0.15, -0.1) is 0 Å². The summed E-state index contributed by atoms with van der Waals surface area (Å²) in [6.45, 7) is 1.88. The molecule has 0 radical (unpaired) electrons. The van der Waals surface area contributed by atoms with E-state index in [9.17, 15) is 9.59 Å². The normalized spacial score (nSPS) is 20.2. The molecule has 1 aromatic carbocycles. The topological polar surface area (TPSA) is 66.6 Å². The maximum atomic E-state index is 12.1. The van der Waals surface area contributed by atoms with Crippen molar-refractivity contribution >= 4 is 23.3 Å². The Labute approximate surface area is 99.8 Å². The van der Waals surface area contributed by atoms with Crippen LogP contribution >= 0.6 is 0 Å². The lowest BCUT2D eigenvalue weighted by molar-refractivity contribution is -0.119. The van der Waals surface area contributed by atoms with Crippen molar-refractivity contribution in [3.63, 3.8) is 0 Å². The van der Waals surface area contributed by atoms with Gasteiger partial charge in [-0.1, -0.05) is 13.0 Å². The number of amides is 3. The van der Waals surface area contributed by atoms with Gasteiger partial charge in [-0.2, -0.15) is 0 Å². The molecule has 0 saturated carbocycles. The first-order valence-electron chi connectivity index (χ1n) is 5.52. The molecular formula is C12H15N3O2. The van der Waals surface area contributed by atoms with Gasteiger partial charge in [0.05, 0.1) is 5.69 Å². The summed E-state index contributed by atoms with van der Waals surface area (Å²) in [4.78, 5) is 26.7.